The zero-order chi connectivity index (χ0) is 41.0. The fourth-order valence-corrected chi connectivity index (χ4v) is 7.82. The SMILES string of the molecule is C#C[C@]1(CO[P@@](=O)(N[C@@H](Cc2ccccc2)C(=O)OC(C)C)Oc2ccccc2)O[C@@H](n2cnc3c(N)nc(F)nc32)C[C@@H]1OC(=O)OC(CCCC)CCCC. The molecule has 17 heteroatoms. The van der Waals surface area contributed by atoms with Crippen LogP contribution in [0.15, 0.2) is 67.0 Å². The second kappa shape index (κ2) is 19.9. The van der Waals surface area contributed by atoms with Gasteiger partial charge in [0.25, 0.3) is 0 Å². The van der Waals surface area contributed by atoms with Gasteiger partial charge in [0.05, 0.1) is 12.4 Å². The summed E-state index contributed by atoms with van der Waals surface area (Å²) in [6.45, 7) is 6.78. The Morgan fingerprint density at radius 1 is 1.07 bits per heavy atom. The first-order valence-corrected chi connectivity index (χ1v) is 20.6. The van der Waals surface area contributed by atoms with Crippen molar-refractivity contribution in [2.45, 2.75) is 115 Å². The number of carbonyl (C=O) groups is 2. The number of hydrogen-bond acceptors (Lipinski definition) is 13. The van der Waals surface area contributed by atoms with Crippen LogP contribution in [-0.4, -0.2) is 68.2 Å². The Labute approximate surface area is 331 Å². The summed E-state index contributed by atoms with van der Waals surface area (Å²) in [6, 6.07) is 16.0. The number of anilines is 1. The van der Waals surface area contributed by atoms with E-state index >= 15 is 0 Å². The third kappa shape index (κ3) is 11.5. The van der Waals surface area contributed by atoms with E-state index in [1.54, 1.807) is 68.4 Å². The van der Waals surface area contributed by atoms with Gasteiger partial charge in [-0.05, 0) is 50.8 Å². The molecule has 15 nitrogen and oxygen atoms in total. The molecule has 3 heterocycles. The smallest absolute Gasteiger partial charge is 0.462 e. The molecule has 2 aromatic carbocycles. The Kier molecular flexibility index (Phi) is 15.0. The average molecular weight is 809 g/mol. The summed E-state index contributed by atoms with van der Waals surface area (Å²) in [5.74, 6) is 1.80. The monoisotopic (exact) mass is 808 g/mol. The van der Waals surface area contributed by atoms with Gasteiger partial charge >= 0.3 is 25.9 Å². The fraction of sp³-hybridized carbons (Fsp3) is 0.475. The summed E-state index contributed by atoms with van der Waals surface area (Å²) in [5, 5.41) is 2.79. The number of hydrogen-bond donors (Lipinski definition) is 2. The zero-order valence-corrected chi connectivity index (χ0v) is 33.4. The van der Waals surface area contributed by atoms with Crippen LogP contribution >= 0.6 is 7.75 Å². The highest BCUT2D eigenvalue weighted by atomic mass is 31.2. The van der Waals surface area contributed by atoms with Gasteiger partial charge in [-0.2, -0.15) is 19.4 Å². The van der Waals surface area contributed by atoms with E-state index in [-0.39, 0.29) is 35.6 Å². The molecule has 1 aliphatic heterocycles. The van der Waals surface area contributed by atoms with Crippen molar-refractivity contribution in [3.05, 3.63) is 78.6 Å². The molecular weight excluding hydrogens is 758 g/mol. The van der Waals surface area contributed by atoms with Crippen molar-refractivity contribution < 1.29 is 46.5 Å². The fourth-order valence-electron chi connectivity index (χ4n) is 6.30. The van der Waals surface area contributed by atoms with Crippen LogP contribution < -0.4 is 15.3 Å². The van der Waals surface area contributed by atoms with Gasteiger partial charge in [0.15, 0.2) is 28.7 Å². The number of imidazole rings is 1. The van der Waals surface area contributed by atoms with E-state index in [1.165, 1.54) is 10.9 Å². The summed E-state index contributed by atoms with van der Waals surface area (Å²) in [5.41, 5.74) is 4.80. The number of ether oxygens (including phenoxy) is 4. The molecule has 0 unspecified atom stereocenters. The number of nitrogen functional groups attached to an aromatic ring is 1. The van der Waals surface area contributed by atoms with E-state index in [1.807, 2.05) is 19.9 Å². The molecule has 0 bridgehead atoms. The summed E-state index contributed by atoms with van der Waals surface area (Å²) in [4.78, 5) is 38.6. The lowest BCUT2D eigenvalue weighted by Crippen LogP contribution is -2.46. The molecule has 0 radical (unpaired) electrons. The Balaban J connectivity index is 1.49. The minimum Gasteiger partial charge on any atom is -0.462 e. The van der Waals surface area contributed by atoms with E-state index in [4.69, 9.17) is 40.2 Å². The van der Waals surface area contributed by atoms with Gasteiger partial charge in [-0.15, -0.1) is 6.42 Å². The number of aromatic nitrogens is 4. The number of nitrogens with zero attached hydrogens (tertiary/aromatic N) is 4. The summed E-state index contributed by atoms with van der Waals surface area (Å²) >= 11 is 0. The zero-order valence-electron chi connectivity index (χ0n) is 32.5. The lowest BCUT2D eigenvalue weighted by molar-refractivity contribution is -0.149. The Morgan fingerprint density at radius 3 is 2.37 bits per heavy atom. The lowest BCUT2D eigenvalue weighted by Gasteiger charge is -2.31. The number of nitrogens with two attached hydrogens (primary N) is 1. The molecule has 0 saturated carbocycles. The molecule has 1 saturated heterocycles. The van der Waals surface area contributed by atoms with Gasteiger partial charge in [0, 0.05) is 6.42 Å². The number of para-hydroxylation sites is 1. The number of halogens is 1. The quantitative estimate of drug-likeness (QED) is 0.0387. The predicted molar refractivity (Wildman–Crippen MR) is 209 cm³/mol. The number of terminal acetylenes is 1. The van der Waals surface area contributed by atoms with Crippen molar-refractivity contribution in [1.29, 1.82) is 0 Å². The van der Waals surface area contributed by atoms with Crippen LogP contribution in [0.3, 0.4) is 0 Å². The van der Waals surface area contributed by atoms with Crippen LogP contribution in [0, 0.1) is 18.4 Å². The Bertz CT molecular complexity index is 2020. The third-order valence-corrected chi connectivity index (χ3v) is 10.7. The number of unbranched alkanes of at least 4 members (excludes halogenated alkanes) is 2. The number of nitrogens with one attached hydrogen (secondary N) is 1. The van der Waals surface area contributed by atoms with Crippen LogP contribution in [0.1, 0.15) is 84.4 Å². The van der Waals surface area contributed by atoms with Gasteiger partial charge in [-0.3, -0.25) is 13.9 Å². The van der Waals surface area contributed by atoms with E-state index in [0.29, 0.717) is 12.8 Å². The number of rotatable bonds is 20. The maximum Gasteiger partial charge on any atom is 0.508 e. The first-order valence-electron chi connectivity index (χ1n) is 19.1. The molecule has 1 aliphatic rings. The van der Waals surface area contributed by atoms with Crippen molar-refractivity contribution in [1.82, 2.24) is 24.6 Å². The minimum atomic E-state index is -4.58. The number of esters is 1. The molecule has 57 heavy (non-hydrogen) atoms. The van der Waals surface area contributed by atoms with Crippen molar-refractivity contribution >= 4 is 36.9 Å². The molecular formula is C40H50FN6O9P. The number of benzene rings is 2. The summed E-state index contributed by atoms with van der Waals surface area (Å²) in [6.07, 6.45) is 6.88. The standard InChI is InChI=1S/C40H50FN6O9P/c1-6-9-19-29(20-10-7-2)53-39(49)54-32-24-33(47-26-43-34-35(42)44-38(41)45-36(34)47)55-40(32,8-3)25-51-57(50,56-30-21-15-12-16-22-30)46-31(37(48)52-27(4)5)23-28-17-13-11-14-18-28/h3,11-18,21-22,26-27,29,31-33H,6-7,9-10,19-20,23-25H2,1-2,4-5H3,(H,46,50)(H2,42,44,45)/t31-,32-,33+,40+,57-/m0/s1. The van der Waals surface area contributed by atoms with E-state index < -0.39 is 68.7 Å². The van der Waals surface area contributed by atoms with Gasteiger partial charge in [-0.1, -0.05) is 94.0 Å². The topological polar surface area (TPSA) is 188 Å². The maximum absolute atomic E-state index is 14.9. The molecule has 0 aliphatic carbocycles. The van der Waals surface area contributed by atoms with Gasteiger partial charge in [0.1, 0.15) is 30.7 Å². The van der Waals surface area contributed by atoms with Crippen LogP contribution in [0.25, 0.3) is 11.2 Å². The number of fused-ring (bicyclic) bond motifs is 1. The van der Waals surface area contributed by atoms with E-state index in [0.717, 1.165) is 31.2 Å². The van der Waals surface area contributed by atoms with Crippen molar-refractivity contribution in [2.75, 3.05) is 12.3 Å². The molecule has 3 N–H and O–H groups in total. The van der Waals surface area contributed by atoms with Crippen LogP contribution in [0.2, 0.25) is 0 Å². The first-order chi connectivity index (χ1) is 27.4. The second-order valence-electron chi connectivity index (χ2n) is 14.0. The highest BCUT2D eigenvalue weighted by Gasteiger charge is 2.54. The Morgan fingerprint density at radius 2 is 1.74 bits per heavy atom. The molecule has 2 aromatic heterocycles. The van der Waals surface area contributed by atoms with Gasteiger partial charge in [-0.25, -0.2) is 14.3 Å². The normalized spacial score (nSPS) is 19.5. The molecule has 1 fully saturated rings. The van der Waals surface area contributed by atoms with Crippen molar-refractivity contribution in [2.24, 2.45) is 0 Å². The second-order valence-corrected chi connectivity index (χ2v) is 15.7. The first kappa shape index (κ1) is 43.1. The maximum atomic E-state index is 14.9. The largest absolute Gasteiger partial charge is 0.508 e. The van der Waals surface area contributed by atoms with E-state index in [9.17, 15) is 18.5 Å². The van der Waals surface area contributed by atoms with Crippen molar-refractivity contribution in [3.63, 3.8) is 0 Å². The highest BCUT2D eigenvalue weighted by Crippen LogP contribution is 2.49. The molecule has 5 atom stereocenters. The third-order valence-electron chi connectivity index (χ3n) is 9.17. The molecule has 0 amide bonds. The average Bonchev–Trinajstić information content (AvgIpc) is 3.77. The highest BCUT2D eigenvalue weighted by molar-refractivity contribution is 7.52. The van der Waals surface area contributed by atoms with Gasteiger partial charge in [0.2, 0.25) is 0 Å². The van der Waals surface area contributed by atoms with E-state index in [2.05, 4.69) is 26.0 Å². The molecule has 4 aromatic rings. The lowest BCUT2D eigenvalue weighted by atomic mass is 9.99. The van der Waals surface area contributed by atoms with Crippen LogP contribution in [0.4, 0.5) is 15.0 Å². The summed E-state index contributed by atoms with van der Waals surface area (Å²) in [7, 11) is -4.58. The van der Waals surface area contributed by atoms with Crippen LogP contribution in [-0.2, 0) is 39.3 Å². The van der Waals surface area contributed by atoms with Gasteiger partial charge < -0.3 is 29.2 Å². The predicted octanol–water partition coefficient (Wildman–Crippen LogP) is 7.47. The molecule has 306 valence electrons. The van der Waals surface area contributed by atoms with Crippen molar-refractivity contribution in [3.8, 4) is 18.1 Å². The summed E-state index contributed by atoms with van der Waals surface area (Å²) < 4.78 is 66.5. The Hall–Kier alpha value is -5.07. The minimum absolute atomic E-state index is 0.00794. The van der Waals surface area contributed by atoms with Crippen LogP contribution in [0.5, 0.6) is 5.75 Å². The molecule has 5 rings (SSSR count). The molecule has 0 spiro atoms. The number of carbonyl (C=O) groups excluding carboxylic acids is 2.